The van der Waals surface area contributed by atoms with Crippen molar-refractivity contribution in [2.45, 2.75) is 6.92 Å². The van der Waals surface area contributed by atoms with E-state index in [1.165, 1.54) is 0 Å². The van der Waals surface area contributed by atoms with Crippen LogP contribution in [0.3, 0.4) is 0 Å². The van der Waals surface area contributed by atoms with Crippen LogP contribution in [0.25, 0.3) is 0 Å². The zero-order valence-corrected chi connectivity index (χ0v) is 9.09. The van der Waals surface area contributed by atoms with Crippen LogP contribution in [0, 0.1) is 0 Å². The minimum atomic E-state index is 0.743. The molecule has 12 heavy (non-hydrogen) atoms. The van der Waals surface area contributed by atoms with E-state index >= 15 is 0 Å². The summed E-state index contributed by atoms with van der Waals surface area (Å²) >= 11 is 8.62. The maximum atomic E-state index is 5.74. The summed E-state index contributed by atoms with van der Waals surface area (Å²) in [5.41, 5.74) is 1.05. The van der Waals surface area contributed by atoms with E-state index in [4.69, 9.17) is 11.6 Å². The first-order valence-corrected chi connectivity index (χ1v) is 4.76. The fourth-order valence-electron chi connectivity index (χ4n) is 0.784. The Kier molecular flexibility index (Phi) is 3.67. The maximum absolute atomic E-state index is 5.74. The minimum absolute atomic E-state index is 0.743. The zero-order valence-electron chi connectivity index (χ0n) is 6.62. The van der Waals surface area contributed by atoms with Crippen molar-refractivity contribution in [3.05, 3.63) is 34.9 Å². The molecule has 0 aliphatic heterocycles. The third-order valence-corrected chi connectivity index (χ3v) is 2.31. The summed E-state index contributed by atoms with van der Waals surface area (Å²) in [4.78, 5) is 4.12. The number of hydrogen-bond acceptors (Lipinski definition) is 1. The van der Waals surface area contributed by atoms with E-state index in [0.717, 1.165) is 15.1 Å². The SMILES string of the molecule is CC=NC(=[Se])c1ccc(Cl)cc1. The van der Waals surface area contributed by atoms with E-state index in [2.05, 4.69) is 20.6 Å². The van der Waals surface area contributed by atoms with Gasteiger partial charge in [0, 0.05) is 0 Å². The Morgan fingerprint density at radius 1 is 1.42 bits per heavy atom. The molecule has 0 unspecified atom stereocenters. The third kappa shape index (κ3) is 2.56. The molecule has 1 aromatic carbocycles. The quantitative estimate of drug-likeness (QED) is 0.558. The van der Waals surface area contributed by atoms with Gasteiger partial charge in [0.25, 0.3) is 0 Å². The van der Waals surface area contributed by atoms with E-state index in [-0.39, 0.29) is 0 Å². The first-order valence-electron chi connectivity index (χ1n) is 3.52. The molecule has 0 N–H and O–H groups in total. The molecular weight excluding hydrogens is 237 g/mol. The molecule has 0 aliphatic carbocycles. The summed E-state index contributed by atoms with van der Waals surface area (Å²) in [6, 6.07) is 7.56. The predicted octanol–water partition coefficient (Wildman–Crippen LogP) is 2.08. The van der Waals surface area contributed by atoms with Gasteiger partial charge < -0.3 is 0 Å². The van der Waals surface area contributed by atoms with Gasteiger partial charge in [-0.15, -0.1) is 0 Å². The third-order valence-electron chi connectivity index (χ3n) is 1.34. The molecule has 0 heterocycles. The summed E-state index contributed by atoms with van der Waals surface area (Å²) < 4.78 is 0.883. The zero-order chi connectivity index (χ0) is 8.97. The Morgan fingerprint density at radius 2 is 2.00 bits per heavy atom. The van der Waals surface area contributed by atoms with Gasteiger partial charge in [0.1, 0.15) is 0 Å². The average molecular weight is 245 g/mol. The van der Waals surface area contributed by atoms with Crippen molar-refractivity contribution in [3.8, 4) is 0 Å². The van der Waals surface area contributed by atoms with Crippen LogP contribution in [0.2, 0.25) is 5.02 Å². The van der Waals surface area contributed by atoms with Crippen molar-refractivity contribution in [1.82, 2.24) is 0 Å². The predicted molar refractivity (Wildman–Crippen MR) is 55.5 cm³/mol. The molecule has 0 bridgehead atoms. The molecule has 3 heteroatoms. The molecule has 1 aromatic rings. The summed E-state index contributed by atoms with van der Waals surface area (Å²) in [5, 5.41) is 0.743. The van der Waals surface area contributed by atoms with Crippen molar-refractivity contribution in [1.29, 1.82) is 0 Å². The Morgan fingerprint density at radius 3 is 2.50 bits per heavy atom. The monoisotopic (exact) mass is 245 g/mol. The molecule has 0 aromatic heterocycles. The van der Waals surface area contributed by atoms with E-state index in [1.807, 2.05) is 31.2 Å². The van der Waals surface area contributed by atoms with Gasteiger partial charge in [0.15, 0.2) is 0 Å². The van der Waals surface area contributed by atoms with E-state index in [1.54, 1.807) is 6.21 Å². The van der Waals surface area contributed by atoms with Crippen LogP contribution in [0.1, 0.15) is 12.5 Å². The first-order chi connectivity index (χ1) is 5.74. The molecule has 0 spiro atoms. The topological polar surface area (TPSA) is 12.4 Å². The van der Waals surface area contributed by atoms with Gasteiger partial charge in [0.05, 0.1) is 0 Å². The second-order valence-electron chi connectivity index (χ2n) is 2.20. The second kappa shape index (κ2) is 4.56. The van der Waals surface area contributed by atoms with Gasteiger partial charge in [0.2, 0.25) is 0 Å². The fraction of sp³-hybridized carbons (Fsp3) is 0.111. The molecule has 1 rings (SSSR count). The Balaban J connectivity index is 2.90. The average Bonchev–Trinajstić information content (AvgIpc) is 2.06. The van der Waals surface area contributed by atoms with Crippen LogP contribution in [-0.2, 0) is 0 Å². The number of benzene rings is 1. The molecule has 0 atom stereocenters. The van der Waals surface area contributed by atoms with Gasteiger partial charge in [-0.25, -0.2) is 0 Å². The van der Waals surface area contributed by atoms with Crippen LogP contribution < -0.4 is 0 Å². The van der Waals surface area contributed by atoms with Crippen LogP contribution in [0.15, 0.2) is 29.3 Å². The molecule has 0 amide bonds. The van der Waals surface area contributed by atoms with E-state index in [0.29, 0.717) is 0 Å². The van der Waals surface area contributed by atoms with Crippen molar-refractivity contribution in [2.24, 2.45) is 4.99 Å². The summed E-state index contributed by atoms with van der Waals surface area (Å²) in [6.45, 7) is 1.88. The van der Waals surface area contributed by atoms with E-state index < -0.39 is 0 Å². The van der Waals surface area contributed by atoms with Gasteiger partial charge in [-0.2, -0.15) is 0 Å². The van der Waals surface area contributed by atoms with Crippen molar-refractivity contribution >= 4 is 37.9 Å². The normalized spacial score (nSPS) is 10.5. The van der Waals surface area contributed by atoms with Crippen LogP contribution in [-0.4, -0.2) is 26.3 Å². The molecule has 0 aliphatic rings. The van der Waals surface area contributed by atoms with Gasteiger partial charge in [-0.1, -0.05) is 0 Å². The second-order valence-corrected chi connectivity index (χ2v) is 3.45. The molecular formula is C9H8ClNSe. The fourth-order valence-corrected chi connectivity index (χ4v) is 1.42. The van der Waals surface area contributed by atoms with Gasteiger partial charge in [-0.05, 0) is 0 Å². The number of rotatable bonds is 2. The molecule has 1 nitrogen and oxygen atoms in total. The van der Waals surface area contributed by atoms with Crippen molar-refractivity contribution in [3.63, 3.8) is 0 Å². The number of hydrogen-bond donors (Lipinski definition) is 0. The molecule has 0 saturated heterocycles. The van der Waals surface area contributed by atoms with E-state index in [9.17, 15) is 0 Å². The first kappa shape index (κ1) is 9.66. The number of halogens is 1. The molecule has 0 saturated carbocycles. The Bertz CT molecular complexity index is 303. The van der Waals surface area contributed by atoms with Gasteiger partial charge >= 0.3 is 84.7 Å². The molecule has 0 radical (unpaired) electrons. The van der Waals surface area contributed by atoms with Gasteiger partial charge in [-0.3, -0.25) is 0 Å². The van der Waals surface area contributed by atoms with Crippen molar-refractivity contribution < 1.29 is 0 Å². The number of nitrogens with zero attached hydrogens (tertiary/aromatic N) is 1. The summed E-state index contributed by atoms with van der Waals surface area (Å²) in [6.07, 6.45) is 1.75. The van der Waals surface area contributed by atoms with Crippen LogP contribution in [0.5, 0.6) is 0 Å². The number of aliphatic imine (C=N–C) groups is 1. The summed E-state index contributed by atoms with van der Waals surface area (Å²) in [5.74, 6) is 0. The van der Waals surface area contributed by atoms with Crippen molar-refractivity contribution in [2.75, 3.05) is 0 Å². The summed E-state index contributed by atoms with van der Waals surface area (Å²) in [7, 11) is 0. The molecule has 0 fully saturated rings. The Labute approximate surface area is 84.8 Å². The Hall–Kier alpha value is -0.431. The molecule has 62 valence electrons. The standard InChI is InChI=1S/C9H8ClNSe/c1-2-11-9(12)7-3-5-8(10)6-4-7/h2-6H,1H3. The van der Waals surface area contributed by atoms with Crippen LogP contribution in [0.4, 0.5) is 0 Å². The van der Waals surface area contributed by atoms with Crippen LogP contribution >= 0.6 is 11.6 Å².